The molecule has 1 aromatic carbocycles. The zero-order valence-corrected chi connectivity index (χ0v) is 22.5. The molecule has 0 saturated carbocycles. The Labute approximate surface area is 221 Å². The van der Waals surface area contributed by atoms with Crippen molar-refractivity contribution in [3.05, 3.63) is 48.2 Å². The van der Waals surface area contributed by atoms with Crippen molar-refractivity contribution < 1.29 is 23.4 Å². The lowest BCUT2D eigenvalue weighted by atomic mass is 9.87. The highest BCUT2D eigenvalue weighted by atomic mass is 32.2. The number of ether oxygens (including phenoxy) is 1. The van der Waals surface area contributed by atoms with Gasteiger partial charge in [-0.2, -0.15) is 0 Å². The van der Waals surface area contributed by atoms with Gasteiger partial charge in [0.2, 0.25) is 0 Å². The SMILES string of the molecule is CC(C)(C)c1ccc2nc(CCCCS(=O)(=O)C[C@H]3O[C@@H](n4cnc5c(N)ccnc54)[C@H](O)[C@@H]3O)[nH]c2c1. The molecule has 0 bridgehead atoms. The van der Waals surface area contributed by atoms with Crippen LogP contribution >= 0.6 is 0 Å². The van der Waals surface area contributed by atoms with E-state index in [1.807, 2.05) is 6.07 Å². The summed E-state index contributed by atoms with van der Waals surface area (Å²) in [7, 11) is -3.55. The second-order valence-corrected chi connectivity index (χ2v) is 13.2. The lowest BCUT2D eigenvalue weighted by Crippen LogP contribution is -2.36. The molecule has 11 nitrogen and oxygen atoms in total. The summed E-state index contributed by atoms with van der Waals surface area (Å²) in [6.07, 6.45) is -0.207. The van der Waals surface area contributed by atoms with Crippen molar-refractivity contribution in [1.29, 1.82) is 0 Å². The molecule has 4 heterocycles. The molecule has 3 aromatic heterocycles. The minimum absolute atomic E-state index is 0.0396. The predicted octanol–water partition coefficient (Wildman–Crippen LogP) is 2.24. The van der Waals surface area contributed by atoms with E-state index in [1.165, 1.54) is 22.7 Å². The van der Waals surface area contributed by atoms with Crippen molar-refractivity contribution >= 4 is 37.7 Å². The number of pyridine rings is 1. The number of unbranched alkanes of at least 4 members (excludes halogenated alkanes) is 1. The number of hydrogen-bond acceptors (Lipinski definition) is 9. The molecule has 1 saturated heterocycles. The van der Waals surface area contributed by atoms with Crippen LogP contribution in [0.25, 0.3) is 22.2 Å². The van der Waals surface area contributed by atoms with Gasteiger partial charge in [0, 0.05) is 12.6 Å². The third-order valence-corrected chi connectivity index (χ3v) is 8.78. The number of fused-ring (bicyclic) bond motifs is 2. The van der Waals surface area contributed by atoms with Gasteiger partial charge in [0.15, 0.2) is 21.7 Å². The molecular formula is C26H34N6O5S. The van der Waals surface area contributed by atoms with Crippen molar-refractivity contribution in [3.8, 4) is 0 Å². The number of aliphatic hydroxyl groups is 2. The largest absolute Gasteiger partial charge is 0.397 e. The first-order chi connectivity index (χ1) is 17.9. The fourth-order valence-electron chi connectivity index (χ4n) is 4.83. The van der Waals surface area contributed by atoms with E-state index in [9.17, 15) is 18.6 Å². The molecule has 4 aromatic rings. The van der Waals surface area contributed by atoms with E-state index in [0.717, 1.165) is 16.9 Å². The van der Waals surface area contributed by atoms with Crippen LogP contribution < -0.4 is 5.73 Å². The van der Waals surface area contributed by atoms with Crippen molar-refractivity contribution in [2.75, 3.05) is 17.2 Å². The zero-order valence-electron chi connectivity index (χ0n) is 21.7. The number of anilines is 1. The van der Waals surface area contributed by atoms with Crippen LogP contribution in [0.5, 0.6) is 0 Å². The number of sulfone groups is 1. The number of nitrogens with two attached hydrogens (primary N) is 1. The molecule has 1 aliphatic heterocycles. The van der Waals surface area contributed by atoms with E-state index in [1.54, 1.807) is 6.07 Å². The van der Waals surface area contributed by atoms with E-state index >= 15 is 0 Å². The number of hydrogen-bond donors (Lipinski definition) is 4. The first kappa shape index (κ1) is 26.5. The van der Waals surface area contributed by atoms with Gasteiger partial charge >= 0.3 is 0 Å². The number of aromatic nitrogens is 5. The van der Waals surface area contributed by atoms with E-state index in [4.69, 9.17) is 10.5 Å². The molecule has 5 rings (SSSR count). The van der Waals surface area contributed by atoms with Gasteiger partial charge in [0.25, 0.3) is 0 Å². The highest BCUT2D eigenvalue weighted by Crippen LogP contribution is 2.33. The predicted molar refractivity (Wildman–Crippen MR) is 144 cm³/mol. The molecule has 0 aliphatic carbocycles. The van der Waals surface area contributed by atoms with Gasteiger partial charge in [-0.3, -0.25) is 4.57 Å². The molecule has 0 unspecified atom stereocenters. The number of nitrogens with zero attached hydrogens (tertiary/aromatic N) is 4. The Bertz CT molecular complexity index is 1560. The summed E-state index contributed by atoms with van der Waals surface area (Å²) in [4.78, 5) is 16.4. The second-order valence-electron chi connectivity index (χ2n) is 11.0. The lowest BCUT2D eigenvalue weighted by molar-refractivity contribution is -0.0292. The van der Waals surface area contributed by atoms with Crippen LogP contribution in [0.15, 0.2) is 36.8 Å². The maximum Gasteiger partial charge on any atom is 0.165 e. The van der Waals surface area contributed by atoms with Crippen LogP contribution in [0.4, 0.5) is 5.69 Å². The summed E-state index contributed by atoms with van der Waals surface area (Å²) in [5.41, 5.74) is 10.3. The fraction of sp³-hybridized carbons (Fsp3) is 0.500. The van der Waals surface area contributed by atoms with E-state index in [0.29, 0.717) is 36.1 Å². The van der Waals surface area contributed by atoms with Gasteiger partial charge < -0.3 is 25.7 Å². The van der Waals surface area contributed by atoms with Gasteiger partial charge in [0.1, 0.15) is 29.7 Å². The van der Waals surface area contributed by atoms with Gasteiger partial charge in [-0.15, -0.1) is 0 Å². The molecule has 5 N–H and O–H groups in total. The van der Waals surface area contributed by atoms with Crippen LogP contribution in [0.2, 0.25) is 0 Å². The number of aryl methyl sites for hydroxylation is 1. The summed E-state index contributed by atoms with van der Waals surface area (Å²) in [6.45, 7) is 6.49. The Morgan fingerprint density at radius 1 is 1.13 bits per heavy atom. The third kappa shape index (κ3) is 5.26. The summed E-state index contributed by atoms with van der Waals surface area (Å²) in [5.74, 6) is 0.371. The molecular weight excluding hydrogens is 508 g/mol. The molecule has 4 atom stereocenters. The molecule has 0 spiro atoms. The summed E-state index contributed by atoms with van der Waals surface area (Å²) >= 11 is 0. The van der Waals surface area contributed by atoms with Crippen LogP contribution in [0.1, 0.15) is 51.2 Å². The number of rotatable bonds is 8. The highest BCUT2D eigenvalue weighted by Gasteiger charge is 2.45. The zero-order chi connectivity index (χ0) is 27.2. The summed E-state index contributed by atoms with van der Waals surface area (Å²) in [5, 5.41) is 21.1. The first-order valence-electron chi connectivity index (χ1n) is 12.7. The Hall–Kier alpha value is -3.06. The Kier molecular flexibility index (Phi) is 6.93. The van der Waals surface area contributed by atoms with Crippen molar-refractivity contribution in [2.45, 2.75) is 70.0 Å². The summed E-state index contributed by atoms with van der Waals surface area (Å²) < 4.78 is 32.9. The molecule has 12 heteroatoms. The van der Waals surface area contributed by atoms with Crippen LogP contribution in [-0.2, 0) is 26.4 Å². The molecule has 0 radical (unpaired) electrons. The number of aliphatic hydroxyl groups excluding tert-OH is 2. The number of nitrogens with one attached hydrogen (secondary N) is 1. The number of H-pyrrole nitrogens is 1. The maximum absolute atomic E-state index is 12.8. The normalized spacial score (nSPS) is 22.6. The van der Waals surface area contributed by atoms with Crippen LogP contribution in [0.3, 0.4) is 0 Å². The van der Waals surface area contributed by atoms with Gasteiger partial charge in [0.05, 0.1) is 34.6 Å². The Balaban J connectivity index is 1.17. The number of imidazole rings is 2. The molecule has 38 heavy (non-hydrogen) atoms. The summed E-state index contributed by atoms with van der Waals surface area (Å²) in [6, 6.07) is 7.81. The van der Waals surface area contributed by atoms with E-state index in [-0.39, 0.29) is 11.2 Å². The molecule has 0 amide bonds. The van der Waals surface area contributed by atoms with Gasteiger partial charge in [-0.05, 0) is 42.0 Å². The molecule has 204 valence electrons. The second kappa shape index (κ2) is 9.92. The monoisotopic (exact) mass is 542 g/mol. The topological polar surface area (TPSA) is 169 Å². The van der Waals surface area contributed by atoms with Gasteiger partial charge in [-0.25, -0.2) is 23.4 Å². The lowest BCUT2D eigenvalue weighted by Gasteiger charge is -2.18. The average molecular weight is 543 g/mol. The minimum atomic E-state index is -3.55. The van der Waals surface area contributed by atoms with Crippen LogP contribution in [-0.4, -0.2) is 73.0 Å². The number of benzene rings is 1. The number of aromatic amines is 1. The molecule has 1 aliphatic rings. The highest BCUT2D eigenvalue weighted by molar-refractivity contribution is 7.91. The first-order valence-corrected chi connectivity index (χ1v) is 14.5. The standard InChI is InChI=1S/C26H34N6O5S/c1-26(2,3)15-7-8-17-18(12-15)31-20(30-17)6-4-5-11-38(35,36)13-19-22(33)23(34)25(37-19)32-14-29-21-16(27)9-10-28-24(21)32/h7-10,12,14,19,22-23,25,33-34H,4-6,11,13H2,1-3H3,(H2,27,28)(H,30,31)/t19-,22-,23-,25-/m1/s1. The average Bonchev–Trinajstić information content (AvgIpc) is 3.53. The molecule has 1 fully saturated rings. The Morgan fingerprint density at radius 3 is 2.68 bits per heavy atom. The number of nitrogen functional groups attached to an aromatic ring is 1. The van der Waals surface area contributed by atoms with Gasteiger partial charge in [-0.1, -0.05) is 26.8 Å². The van der Waals surface area contributed by atoms with Crippen molar-refractivity contribution in [3.63, 3.8) is 0 Å². The van der Waals surface area contributed by atoms with Crippen molar-refractivity contribution in [2.24, 2.45) is 0 Å². The Morgan fingerprint density at radius 2 is 1.92 bits per heavy atom. The van der Waals surface area contributed by atoms with E-state index in [2.05, 4.69) is 52.8 Å². The fourth-order valence-corrected chi connectivity index (χ4v) is 6.42. The van der Waals surface area contributed by atoms with Crippen LogP contribution in [0, 0.1) is 0 Å². The third-order valence-electron chi connectivity index (χ3n) is 7.04. The smallest absolute Gasteiger partial charge is 0.165 e. The maximum atomic E-state index is 12.8. The quantitative estimate of drug-likeness (QED) is 0.244. The van der Waals surface area contributed by atoms with Crippen molar-refractivity contribution in [1.82, 2.24) is 24.5 Å². The minimum Gasteiger partial charge on any atom is -0.397 e. The van der Waals surface area contributed by atoms with E-state index < -0.39 is 40.1 Å².